The topological polar surface area (TPSA) is 16.1 Å². The van der Waals surface area contributed by atoms with Crippen molar-refractivity contribution in [3.05, 3.63) is 16.6 Å². The Morgan fingerprint density at radius 2 is 2.62 bits per heavy atom. The van der Waals surface area contributed by atoms with Crippen molar-refractivity contribution in [3.8, 4) is 0 Å². The van der Waals surface area contributed by atoms with Crippen LogP contribution in [0.3, 0.4) is 0 Å². The highest BCUT2D eigenvalue weighted by Crippen LogP contribution is 2.20. The molecule has 0 bridgehead atoms. The van der Waals surface area contributed by atoms with Crippen molar-refractivity contribution in [2.45, 2.75) is 13.0 Å². The molecule has 0 saturated carbocycles. The Morgan fingerprint density at radius 1 is 1.69 bits per heavy atom. The molecule has 72 valence electrons. The zero-order valence-electron chi connectivity index (χ0n) is 7.45. The van der Waals surface area contributed by atoms with E-state index in [4.69, 9.17) is 11.6 Å². The fourth-order valence-corrected chi connectivity index (χ4v) is 2.61. The molecule has 0 N–H and O–H groups in total. The second kappa shape index (κ2) is 4.40. The number of hydrogen-bond donors (Lipinski definition) is 0. The van der Waals surface area contributed by atoms with E-state index in [1.807, 2.05) is 11.7 Å². The standard InChI is InChI=1S/C9H13ClN2S/c10-3-8-1-2-12(5-8)6-9-4-11-7-13-9/h4,7-8H,1-3,5-6H2. The molecule has 2 heterocycles. The van der Waals surface area contributed by atoms with Gasteiger partial charge in [-0.1, -0.05) is 0 Å². The first-order valence-corrected chi connectivity index (χ1v) is 5.95. The van der Waals surface area contributed by atoms with Gasteiger partial charge in [-0.25, -0.2) is 0 Å². The van der Waals surface area contributed by atoms with Crippen molar-refractivity contribution in [3.63, 3.8) is 0 Å². The van der Waals surface area contributed by atoms with Crippen molar-refractivity contribution in [1.82, 2.24) is 9.88 Å². The van der Waals surface area contributed by atoms with Crippen LogP contribution in [-0.2, 0) is 6.54 Å². The monoisotopic (exact) mass is 216 g/mol. The molecule has 1 fully saturated rings. The van der Waals surface area contributed by atoms with E-state index in [1.165, 1.54) is 17.8 Å². The first-order valence-electron chi connectivity index (χ1n) is 4.54. The molecule has 0 aromatic carbocycles. The second-order valence-electron chi connectivity index (χ2n) is 3.51. The van der Waals surface area contributed by atoms with Crippen LogP contribution in [0.4, 0.5) is 0 Å². The zero-order valence-corrected chi connectivity index (χ0v) is 9.02. The van der Waals surface area contributed by atoms with Gasteiger partial charge in [0.05, 0.1) is 5.51 Å². The highest BCUT2D eigenvalue weighted by Gasteiger charge is 2.21. The molecule has 1 aliphatic heterocycles. The molecule has 0 spiro atoms. The maximum absolute atomic E-state index is 5.82. The maximum atomic E-state index is 5.82. The number of likely N-dealkylation sites (tertiary alicyclic amines) is 1. The van der Waals surface area contributed by atoms with E-state index in [0.29, 0.717) is 5.92 Å². The molecule has 0 aliphatic carbocycles. The van der Waals surface area contributed by atoms with E-state index in [1.54, 1.807) is 11.3 Å². The van der Waals surface area contributed by atoms with E-state index in [-0.39, 0.29) is 0 Å². The molecule has 1 unspecified atom stereocenters. The summed E-state index contributed by atoms with van der Waals surface area (Å²) in [6.45, 7) is 3.40. The molecular weight excluding hydrogens is 204 g/mol. The summed E-state index contributed by atoms with van der Waals surface area (Å²) in [7, 11) is 0. The molecule has 1 atom stereocenters. The van der Waals surface area contributed by atoms with E-state index in [9.17, 15) is 0 Å². The normalized spacial score (nSPS) is 23.9. The third-order valence-corrected chi connectivity index (χ3v) is 3.65. The van der Waals surface area contributed by atoms with Crippen LogP contribution in [-0.4, -0.2) is 28.9 Å². The van der Waals surface area contributed by atoms with Crippen LogP contribution in [0.25, 0.3) is 0 Å². The quantitative estimate of drug-likeness (QED) is 0.721. The van der Waals surface area contributed by atoms with Crippen molar-refractivity contribution < 1.29 is 0 Å². The maximum Gasteiger partial charge on any atom is 0.0794 e. The molecule has 2 nitrogen and oxygen atoms in total. The summed E-state index contributed by atoms with van der Waals surface area (Å²) in [5, 5.41) is 0. The molecule has 1 aromatic heterocycles. The van der Waals surface area contributed by atoms with Crippen LogP contribution in [0.5, 0.6) is 0 Å². The van der Waals surface area contributed by atoms with Gasteiger partial charge in [0, 0.05) is 30.0 Å². The SMILES string of the molecule is ClCC1CCN(Cc2cncs2)C1. The molecule has 4 heteroatoms. The number of alkyl halides is 1. The Kier molecular flexibility index (Phi) is 3.19. The van der Waals surface area contributed by atoms with Gasteiger partial charge in [-0.05, 0) is 18.9 Å². The number of nitrogens with zero attached hydrogens (tertiary/aromatic N) is 2. The van der Waals surface area contributed by atoms with Crippen molar-refractivity contribution >= 4 is 22.9 Å². The van der Waals surface area contributed by atoms with Crippen LogP contribution in [0, 0.1) is 5.92 Å². The summed E-state index contributed by atoms with van der Waals surface area (Å²) in [5.41, 5.74) is 1.89. The molecule has 1 aliphatic rings. The van der Waals surface area contributed by atoms with Crippen LogP contribution >= 0.6 is 22.9 Å². The van der Waals surface area contributed by atoms with Gasteiger partial charge < -0.3 is 0 Å². The lowest BCUT2D eigenvalue weighted by atomic mass is 10.2. The minimum Gasteiger partial charge on any atom is -0.298 e. The van der Waals surface area contributed by atoms with Gasteiger partial charge in [-0.2, -0.15) is 0 Å². The molecule has 0 radical (unpaired) electrons. The van der Waals surface area contributed by atoms with E-state index < -0.39 is 0 Å². The predicted molar refractivity (Wildman–Crippen MR) is 56.2 cm³/mol. The third kappa shape index (κ3) is 2.42. The van der Waals surface area contributed by atoms with Crippen molar-refractivity contribution in [2.75, 3.05) is 19.0 Å². The Hall–Kier alpha value is -0.120. The number of thiazole rings is 1. The third-order valence-electron chi connectivity index (χ3n) is 2.45. The summed E-state index contributed by atoms with van der Waals surface area (Å²) in [4.78, 5) is 7.88. The van der Waals surface area contributed by atoms with Gasteiger partial charge in [0.15, 0.2) is 0 Å². The Labute approximate surface area is 87.5 Å². The Morgan fingerprint density at radius 3 is 3.23 bits per heavy atom. The fraction of sp³-hybridized carbons (Fsp3) is 0.667. The number of halogens is 1. The van der Waals surface area contributed by atoms with E-state index >= 15 is 0 Å². The molecule has 13 heavy (non-hydrogen) atoms. The minimum atomic E-state index is 0.703. The van der Waals surface area contributed by atoms with E-state index in [0.717, 1.165) is 19.0 Å². The number of hydrogen-bond acceptors (Lipinski definition) is 3. The van der Waals surface area contributed by atoms with E-state index in [2.05, 4.69) is 9.88 Å². The Bertz CT molecular complexity index is 250. The van der Waals surface area contributed by atoms with Crippen LogP contribution in [0.1, 0.15) is 11.3 Å². The summed E-state index contributed by atoms with van der Waals surface area (Å²) in [6, 6.07) is 0. The number of aromatic nitrogens is 1. The summed E-state index contributed by atoms with van der Waals surface area (Å²) >= 11 is 7.55. The van der Waals surface area contributed by atoms with Gasteiger partial charge in [0.1, 0.15) is 0 Å². The number of rotatable bonds is 3. The average molecular weight is 217 g/mol. The highest BCUT2D eigenvalue weighted by atomic mass is 35.5. The Balaban J connectivity index is 1.84. The lowest BCUT2D eigenvalue weighted by molar-refractivity contribution is 0.323. The average Bonchev–Trinajstić information content (AvgIpc) is 2.76. The highest BCUT2D eigenvalue weighted by molar-refractivity contribution is 7.09. The zero-order chi connectivity index (χ0) is 9.10. The van der Waals surface area contributed by atoms with Crippen LogP contribution in [0.2, 0.25) is 0 Å². The summed E-state index contributed by atoms with van der Waals surface area (Å²) in [5.74, 6) is 1.51. The second-order valence-corrected chi connectivity index (χ2v) is 4.79. The fourth-order valence-electron chi connectivity index (χ4n) is 1.72. The molecule has 0 amide bonds. The van der Waals surface area contributed by atoms with Gasteiger partial charge in [-0.3, -0.25) is 9.88 Å². The first kappa shape index (κ1) is 9.44. The molecule has 2 rings (SSSR count). The largest absolute Gasteiger partial charge is 0.298 e. The molecule has 1 aromatic rings. The van der Waals surface area contributed by atoms with Gasteiger partial charge in [-0.15, -0.1) is 22.9 Å². The predicted octanol–water partition coefficient (Wildman–Crippen LogP) is 2.20. The van der Waals surface area contributed by atoms with Gasteiger partial charge in [0.2, 0.25) is 0 Å². The first-order chi connectivity index (χ1) is 6.38. The minimum absolute atomic E-state index is 0.703. The summed E-state index contributed by atoms with van der Waals surface area (Å²) < 4.78 is 0. The van der Waals surface area contributed by atoms with Crippen molar-refractivity contribution in [2.24, 2.45) is 5.92 Å². The van der Waals surface area contributed by atoms with Crippen LogP contribution in [0.15, 0.2) is 11.7 Å². The molecular formula is C9H13ClN2S. The lowest BCUT2D eigenvalue weighted by Gasteiger charge is -2.13. The molecule has 1 saturated heterocycles. The summed E-state index contributed by atoms with van der Waals surface area (Å²) in [6.07, 6.45) is 3.21. The smallest absolute Gasteiger partial charge is 0.0794 e. The van der Waals surface area contributed by atoms with Crippen LogP contribution < -0.4 is 0 Å². The lowest BCUT2D eigenvalue weighted by Crippen LogP contribution is -2.19. The van der Waals surface area contributed by atoms with Crippen molar-refractivity contribution in [1.29, 1.82) is 0 Å². The van der Waals surface area contributed by atoms with Gasteiger partial charge >= 0.3 is 0 Å². The van der Waals surface area contributed by atoms with Gasteiger partial charge in [0.25, 0.3) is 0 Å².